The summed E-state index contributed by atoms with van der Waals surface area (Å²) in [6.07, 6.45) is 1.37. The highest BCUT2D eigenvalue weighted by molar-refractivity contribution is 5.94. The monoisotopic (exact) mass is 508 g/mol. The highest BCUT2D eigenvalue weighted by atomic mass is 16.5. The third-order valence-electron chi connectivity index (χ3n) is 7.31. The summed E-state index contributed by atoms with van der Waals surface area (Å²) < 4.78 is 4.74. The zero-order valence-corrected chi connectivity index (χ0v) is 22.2. The summed E-state index contributed by atoms with van der Waals surface area (Å²) >= 11 is 0. The number of esters is 1. The van der Waals surface area contributed by atoms with Gasteiger partial charge in [0.05, 0.1) is 19.6 Å². The Hall–Kier alpha value is -3.23. The van der Waals surface area contributed by atoms with Gasteiger partial charge < -0.3 is 20.7 Å². The van der Waals surface area contributed by atoms with Gasteiger partial charge in [0.1, 0.15) is 5.54 Å². The van der Waals surface area contributed by atoms with Crippen molar-refractivity contribution < 1.29 is 19.1 Å². The largest absolute Gasteiger partial charge is 0.469 e. The number of ether oxygens (including phenoxy) is 1. The molecule has 0 radical (unpaired) electrons. The number of methoxy groups -OCH3 is 1. The molecule has 0 bridgehead atoms. The fraction of sp³-hybridized carbons (Fsp3) is 0.483. The Balaban J connectivity index is 1.88. The van der Waals surface area contributed by atoms with Crippen LogP contribution in [0.25, 0.3) is 0 Å². The lowest BCUT2D eigenvalue weighted by molar-refractivity contribution is -0.157. The Morgan fingerprint density at radius 1 is 1.03 bits per heavy atom. The molecule has 0 aliphatic carbocycles. The number of nitrogens with one attached hydrogen (secondary N) is 1. The van der Waals surface area contributed by atoms with E-state index in [4.69, 9.17) is 10.5 Å². The van der Waals surface area contributed by atoms with Crippen molar-refractivity contribution in [2.75, 3.05) is 20.2 Å². The first-order valence-electron chi connectivity index (χ1n) is 13.0. The molecule has 1 aliphatic heterocycles. The van der Waals surface area contributed by atoms with Gasteiger partial charge in [0, 0.05) is 32.2 Å². The number of nitrogens with zero attached hydrogens (tertiary/aromatic N) is 2. The maximum atomic E-state index is 14.0. The van der Waals surface area contributed by atoms with Gasteiger partial charge in [-0.05, 0) is 37.3 Å². The van der Waals surface area contributed by atoms with E-state index in [1.165, 1.54) is 12.7 Å². The van der Waals surface area contributed by atoms with Gasteiger partial charge in [0.2, 0.25) is 11.8 Å². The molecule has 1 fully saturated rings. The Kier molecular flexibility index (Phi) is 10.2. The van der Waals surface area contributed by atoms with Crippen molar-refractivity contribution in [2.24, 2.45) is 5.73 Å². The molecule has 8 heteroatoms. The van der Waals surface area contributed by atoms with Gasteiger partial charge in [-0.25, -0.2) is 0 Å². The molecule has 3 rings (SSSR count). The van der Waals surface area contributed by atoms with Crippen molar-refractivity contribution in [3.05, 3.63) is 71.8 Å². The SMILES string of the molecule is CCC(C)N(C(=O)[C@@H](N)CC(=O)OC)C1(C(=O)NCc2ccccc2)CCN(Cc2ccccc2)CC1. The van der Waals surface area contributed by atoms with Crippen LogP contribution >= 0.6 is 0 Å². The van der Waals surface area contributed by atoms with E-state index in [0.717, 1.165) is 12.1 Å². The lowest BCUT2D eigenvalue weighted by atomic mass is 9.82. The minimum absolute atomic E-state index is 0.186. The van der Waals surface area contributed by atoms with E-state index < -0.39 is 23.5 Å². The molecule has 8 nitrogen and oxygen atoms in total. The van der Waals surface area contributed by atoms with Crippen LogP contribution in [0.1, 0.15) is 50.7 Å². The molecule has 200 valence electrons. The second-order valence-electron chi connectivity index (χ2n) is 9.81. The molecule has 0 aromatic heterocycles. The van der Waals surface area contributed by atoms with E-state index >= 15 is 0 Å². The second-order valence-corrected chi connectivity index (χ2v) is 9.81. The quantitative estimate of drug-likeness (QED) is 0.452. The third-order valence-corrected chi connectivity index (χ3v) is 7.31. The first-order valence-corrected chi connectivity index (χ1v) is 13.0. The average Bonchev–Trinajstić information content (AvgIpc) is 2.93. The molecule has 2 aromatic rings. The highest BCUT2D eigenvalue weighted by Gasteiger charge is 2.50. The Morgan fingerprint density at radius 2 is 1.59 bits per heavy atom. The topological polar surface area (TPSA) is 105 Å². The van der Waals surface area contributed by atoms with Gasteiger partial charge in [-0.3, -0.25) is 19.3 Å². The van der Waals surface area contributed by atoms with Crippen LogP contribution < -0.4 is 11.1 Å². The lowest BCUT2D eigenvalue weighted by Gasteiger charge is -2.50. The summed E-state index contributed by atoms with van der Waals surface area (Å²) in [5, 5.41) is 3.10. The van der Waals surface area contributed by atoms with Crippen molar-refractivity contribution in [1.82, 2.24) is 15.1 Å². The maximum absolute atomic E-state index is 14.0. The Bertz CT molecular complexity index is 1020. The normalized spacial score (nSPS) is 16.9. The number of carbonyl (C=O) groups is 3. The summed E-state index contributed by atoms with van der Waals surface area (Å²) in [5.41, 5.74) is 7.34. The standard InChI is InChI=1S/C29H40N4O4/c1-4-22(2)33(27(35)25(30)19-26(34)37-3)29(28(36)31-20-23-11-7-5-8-12-23)15-17-32(18-16-29)21-24-13-9-6-10-14-24/h5-14,22,25H,4,15-21,30H2,1-3H3,(H,31,36)/t22?,25-/m0/s1. The Labute approximate surface area is 220 Å². The summed E-state index contributed by atoms with van der Waals surface area (Å²) in [6.45, 7) is 6.37. The van der Waals surface area contributed by atoms with E-state index in [-0.39, 0.29) is 18.4 Å². The number of likely N-dealkylation sites (tertiary alicyclic amines) is 1. The fourth-order valence-electron chi connectivity index (χ4n) is 5.00. The van der Waals surface area contributed by atoms with E-state index in [1.54, 1.807) is 4.90 Å². The predicted molar refractivity (Wildman–Crippen MR) is 143 cm³/mol. The van der Waals surface area contributed by atoms with E-state index in [2.05, 4.69) is 22.3 Å². The molecule has 1 aliphatic rings. The third kappa shape index (κ3) is 7.17. The van der Waals surface area contributed by atoms with Gasteiger partial charge in [-0.15, -0.1) is 0 Å². The molecule has 3 N–H and O–H groups in total. The van der Waals surface area contributed by atoms with Gasteiger partial charge >= 0.3 is 5.97 Å². The minimum Gasteiger partial charge on any atom is -0.469 e. The number of hydrogen-bond donors (Lipinski definition) is 2. The van der Waals surface area contributed by atoms with Gasteiger partial charge in [0.25, 0.3) is 0 Å². The lowest BCUT2D eigenvalue weighted by Crippen LogP contribution is -2.68. The van der Waals surface area contributed by atoms with Crippen molar-refractivity contribution in [3.63, 3.8) is 0 Å². The number of hydrogen-bond acceptors (Lipinski definition) is 6. The molecule has 1 heterocycles. The van der Waals surface area contributed by atoms with Gasteiger partial charge in [-0.2, -0.15) is 0 Å². The van der Waals surface area contributed by atoms with Crippen LogP contribution in [0.15, 0.2) is 60.7 Å². The minimum atomic E-state index is -1.08. The van der Waals surface area contributed by atoms with Crippen LogP contribution in [0.5, 0.6) is 0 Å². The molecule has 0 spiro atoms. The van der Waals surface area contributed by atoms with Gasteiger partial charge in [-0.1, -0.05) is 67.6 Å². The number of carbonyl (C=O) groups excluding carboxylic acids is 3. The molecule has 1 unspecified atom stereocenters. The van der Waals surface area contributed by atoms with Crippen LogP contribution in [0.2, 0.25) is 0 Å². The zero-order chi connectivity index (χ0) is 26.8. The van der Waals surface area contributed by atoms with Crippen LogP contribution in [0.3, 0.4) is 0 Å². The highest BCUT2D eigenvalue weighted by Crippen LogP contribution is 2.34. The van der Waals surface area contributed by atoms with Gasteiger partial charge in [0.15, 0.2) is 0 Å². The number of nitrogens with two attached hydrogens (primary N) is 1. The fourth-order valence-corrected chi connectivity index (χ4v) is 5.00. The first kappa shape index (κ1) is 28.3. The summed E-state index contributed by atoms with van der Waals surface area (Å²) in [5.74, 6) is -1.13. The molecular weight excluding hydrogens is 468 g/mol. The smallest absolute Gasteiger partial charge is 0.307 e. The zero-order valence-electron chi connectivity index (χ0n) is 22.2. The Morgan fingerprint density at radius 3 is 2.14 bits per heavy atom. The molecule has 2 atom stereocenters. The number of benzene rings is 2. The average molecular weight is 509 g/mol. The summed E-state index contributed by atoms with van der Waals surface area (Å²) in [4.78, 5) is 43.6. The summed E-state index contributed by atoms with van der Waals surface area (Å²) in [7, 11) is 1.27. The van der Waals surface area contributed by atoms with Crippen molar-refractivity contribution >= 4 is 17.8 Å². The van der Waals surface area contributed by atoms with E-state index in [1.807, 2.05) is 62.4 Å². The molecule has 2 aromatic carbocycles. The molecular formula is C29H40N4O4. The molecule has 37 heavy (non-hydrogen) atoms. The predicted octanol–water partition coefficient (Wildman–Crippen LogP) is 2.86. The molecule has 1 saturated heterocycles. The van der Waals surface area contributed by atoms with Crippen LogP contribution in [0, 0.1) is 0 Å². The number of rotatable bonds is 11. The van der Waals surface area contributed by atoms with Crippen LogP contribution in [0.4, 0.5) is 0 Å². The second kappa shape index (κ2) is 13.4. The van der Waals surface area contributed by atoms with E-state index in [0.29, 0.717) is 38.9 Å². The first-order chi connectivity index (χ1) is 17.8. The van der Waals surface area contributed by atoms with Crippen LogP contribution in [-0.2, 0) is 32.2 Å². The van der Waals surface area contributed by atoms with E-state index in [9.17, 15) is 14.4 Å². The van der Waals surface area contributed by atoms with Crippen molar-refractivity contribution in [1.29, 1.82) is 0 Å². The number of piperidine rings is 1. The molecule has 2 amide bonds. The molecule has 0 saturated carbocycles. The maximum Gasteiger partial charge on any atom is 0.307 e. The van der Waals surface area contributed by atoms with Crippen molar-refractivity contribution in [2.45, 2.75) is 70.2 Å². The van der Waals surface area contributed by atoms with Crippen LogP contribution in [-0.4, -0.2) is 65.4 Å². The number of amides is 2. The summed E-state index contributed by atoms with van der Waals surface area (Å²) in [6, 6.07) is 18.6. The van der Waals surface area contributed by atoms with Crippen molar-refractivity contribution in [3.8, 4) is 0 Å².